The van der Waals surface area contributed by atoms with Gasteiger partial charge in [-0.25, -0.2) is 4.99 Å². The summed E-state index contributed by atoms with van der Waals surface area (Å²) in [7, 11) is 0. The molecule has 3 rings (SSSR count). The van der Waals surface area contributed by atoms with E-state index in [-0.39, 0.29) is 11.7 Å². The number of aliphatic imine (C=N–C) groups is 1. The number of thioether (sulfide) groups is 1. The van der Waals surface area contributed by atoms with E-state index in [2.05, 4.69) is 10.3 Å². The third-order valence-corrected chi connectivity index (χ3v) is 5.66. The topological polar surface area (TPSA) is 70.9 Å². The van der Waals surface area contributed by atoms with Crippen molar-refractivity contribution in [3.63, 3.8) is 0 Å². The van der Waals surface area contributed by atoms with Crippen molar-refractivity contribution in [1.29, 1.82) is 0 Å². The van der Waals surface area contributed by atoms with Crippen molar-refractivity contribution in [2.75, 3.05) is 6.61 Å². The van der Waals surface area contributed by atoms with E-state index in [1.54, 1.807) is 30.3 Å². The molecule has 2 aromatic carbocycles. The lowest BCUT2D eigenvalue weighted by molar-refractivity contribution is -0.115. The van der Waals surface area contributed by atoms with Crippen LogP contribution in [0.15, 0.2) is 40.2 Å². The van der Waals surface area contributed by atoms with Crippen LogP contribution in [0.2, 0.25) is 5.02 Å². The van der Waals surface area contributed by atoms with Gasteiger partial charge in [0.15, 0.2) is 16.7 Å². The van der Waals surface area contributed by atoms with E-state index < -0.39 is 0 Å². The Bertz CT molecular complexity index is 976. The SMILES string of the molecule is CCOc1cc(/C=C2\SC(=Nc3cc(Cl)ccc3C)NC2=O)cc(I)c1O. The molecule has 1 aliphatic heterocycles. The normalized spacial score (nSPS) is 16.8. The monoisotopic (exact) mass is 514 g/mol. The number of amides is 1. The van der Waals surface area contributed by atoms with Gasteiger partial charge in [-0.15, -0.1) is 0 Å². The van der Waals surface area contributed by atoms with Crippen LogP contribution < -0.4 is 10.1 Å². The minimum absolute atomic E-state index is 0.0989. The highest BCUT2D eigenvalue weighted by Gasteiger charge is 2.24. The number of amidine groups is 1. The number of nitrogens with zero attached hydrogens (tertiary/aromatic N) is 1. The van der Waals surface area contributed by atoms with E-state index in [9.17, 15) is 9.90 Å². The van der Waals surface area contributed by atoms with Gasteiger partial charge in [-0.3, -0.25) is 4.79 Å². The number of nitrogens with one attached hydrogen (secondary N) is 1. The average Bonchev–Trinajstić information content (AvgIpc) is 2.95. The highest BCUT2D eigenvalue weighted by molar-refractivity contribution is 14.1. The first kappa shape index (κ1) is 20.0. The Morgan fingerprint density at radius 3 is 2.89 bits per heavy atom. The average molecular weight is 515 g/mol. The first-order valence-corrected chi connectivity index (χ1v) is 10.4. The number of aromatic hydroxyl groups is 1. The molecule has 0 spiro atoms. The number of hydrogen-bond donors (Lipinski definition) is 2. The molecule has 1 aliphatic rings. The molecule has 0 aromatic heterocycles. The van der Waals surface area contributed by atoms with E-state index >= 15 is 0 Å². The number of aryl methyl sites for hydroxylation is 1. The predicted molar refractivity (Wildman–Crippen MR) is 119 cm³/mol. The summed E-state index contributed by atoms with van der Waals surface area (Å²) in [6.45, 7) is 4.22. The summed E-state index contributed by atoms with van der Waals surface area (Å²) in [5.74, 6) is 0.268. The van der Waals surface area contributed by atoms with Gasteiger partial charge in [0.25, 0.3) is 5.91 Å². The molecule has 0 atom stereocenters. The Balaban J connectivity index is 1.90. The number of phenols is 1. The summed E-state index contributed by atoms with van der Waals surface area (Å²) in [6.07, 6.45) is 1.75. The Kier molecular flexibility index (Phi) is 6.33. The highest BCUT2D eigenvalue weighted by atomic mass is 127. The number of benzene rings is 2. The van der Waals surface area contributed by atoms with E-state index in [4.69, 9.17) is 16.3 Å². The summed E-state index contributed by atoms with van der Waals surface area (Å²) in [4.78, 5) is 17.3. The van der Waals surface area contributed by atoms with Crippen molar-refractivity contribution in [2.45, 2.75) is 13.8 Å². The fourth-order valence-corrected chi connectivity index (χ4v) is 4.01. The van der Waals surface area contributed by atoms with Crippen molar-refractivity contribution in [2.24, 2.45) is 4.99 Å². The molecule has 0 unspecified atom stereocenters. The molecule has 0 bridgehead atoms. The minimum Gasteiger partial charge on any atom is -0.504 e. The van der Waals surface area contributed by atoms with Crippen molar-refractivity contribution in [3.8, 4) is 11.5 Å². The standard InChI is InChI=1S/C19H16ClIN2O3S/c1-3-26-15-7-11(6-13(21)17(15)24)8-16-18(25)23-19(27-16)22-14-9-12(20)5-4-10(14)2/h4-9,24H,3H2,1-2H3,(H,22,23,25)/b16-8-. The Morgan fingerprint density at radius 1 is 1.37 bits per heavy atom. The molecule has 0 radical (unpaired) electrons. The second kappa shape index (κ2) is 8.53. The summed E-state index contributed by atoms with van der Waals surface area (Å²) in [5, 5.41) is 13.9. The molecule has 27 heavy (non-hydrogen) atoms. The molecule has 1 heterocycles. The summed E-state index contributed by atoms with van der Waals surface area (Å²) >= 11 is 9.31. The smallest absolute Gasteiger partial charge is 0.264 e. The number of ether oxygens (including phenoxy) is 1. The molecule has 8 heteroatoms. The maximum atomic E-state index is 12.3. The van der Waals surface area contributed by atoms with Crippen LogP contribution in [0.1, 0.15) is 18.1 Å². The maximum Gasteiger partial charge on any atom is 0.264 e. The Labute approximate surface area is 180 Å². The van der Waals surface area contributed by atoms with Gasteiger partial charge in [-0.2, -0.15) is 0 Å². The fraction of sp³-hybridized carbons (Fsp3) is 0.158. The first-order chi connectivity index (χ1) is 12.9. The lowest BCUT2D eigenvalue weighted by atomic mass is 10.2. The third kappa shape index (κ3) is 4.77. The van der Waals surface area contributed by atoms with Gasteiger partial charge in [-0.1, -0.05) is 17.7 Å². The van der Waals surface area contributed by atoms with Crippen LogP contribution in [-0.2, 0) is 4.79 Å². The molecular formula is C19H16ClIN2O3S. The molecule has 140 valence electrons. The number of carbonyl (C=O) groups excluding carboxylic acids is 1. The number of rotatable bonds is 4. The van der Waals surface area contributed by atoms with Crippen LogP contribution in [0.5, 0.6) is 11.5 Å². The van der Waals surface area contributed by atoms with E-state index in [1.165, 1.54) is 11.8 Å². The summed E-state index contributed by atoms with van der Waals surface area (Å²) < 4.78 is 6.10. The lowest BCUT2D eigenvalue weighted by Crippen LogP contribution is -2.19. The quantitative estimate of drug-likeness (QED) is 0.432. The maximum absolute atomic E-state index is 12.3. The number of halogens is 2. The Hall–Kier alpha value is -1.71. The molecule has 1 amide bonds. The van der Waals surface area contributed by atoms with Crippen LogP contribution in [0, 0.1) is 10.5 Å². The van der Waals surface area contributed by atoms with Crippen molar-refractivity contribution < 1.29 is 14.6 Å². The lowest BCUT2D eigenvalue weighted by Gasteiger charge is -2.08. The van der Waals surface area contributed by atoms with Crippen LogP contribution >= 0.6 is 46.0 Å². The van der Waals surface area contributed by atoms with Gasteiger partial charge in [0.2, 0.25) is 0 Å². The van der Waals surface area contributed by atoms with E-state index in [0.717, 1.165) is 11.1 Å². The van der Waals surface area contributed by atoms with Crippen LogP contribution in [-0.4, -0.2) is 22.8 Å². The predicted octanol–water partition coefficient (Wildman–Crippen LogP) is 5.25. The minimum atomic E-state index is -0.223. The van der Waals surface area contributed by atoms with Crippen LogP contribution in [0.3, 0.4) is 0 Å². The molecule has 5 nitrogen and oxygen atoms in total. The van der Waals surface area contributed by atoms with Crippen molar-refractivity contribution in [1.82, 2.24) is 5.32 Å². The fourth-order valence-electron chi connectivity index (χ4n) is 2.39. The van der Waals surface area contributed by atoms with Gasteiger partial charge < -0.3 is 15.2 Å². The van der Waals surface area contributed by atoms with E-state index in [1.807, 2.05) is 42.5 Å². The molecule has 0 aliphatic carbocycles. The first-order valence-electron chi connectivity index (χ1n) is 8.08. The largest absolute Gasteiger partial charge is 0.504 e. The molecule has 0 saturated carbocycles. The number of hydrogen-bond acceptors (Lipinski definition) is 5. The number of phenolic OH excluding ortho intramolecular Hbond substituents is 1. The number of carbonyl (C=O) groups is 1. The van der Waals surface area contributed by atoms with Gasteiger partial charge in [0.1, 0.15) is 0 Å². The molecule has 2 aromatic rings. The molecule has 2 N–H and O–H groups in total. The zero-order valence-corrected chi connectivity index (χ0v) is 18.3. The van der Waals surface area contributed by atoms with Gasteiger partial charge in [-0.05, 0) is 89.7 Å². The zero-order valence-electron chi connectivity index (χ0n) is 14.5. The highest BCUT2D eigenvalue weighted by Crippen LogP contribution is 2.35. The molecule has 1 saturated heterocycles. The molecule has 1 fully saturated rings. The molecular weight excluding hydrogens is 499 g/mol. The third-order valence-electron chi connectivity index (χ3n) is 3.69. The van der Waals surface area contributed by atoms with Crippen molar-refractivity contribution >= 4 is 68.8 Å². The Morgan fingerprint density at radius 2 is 2.15 bits per heavy atom. The van der Waals surface area contributed by atoms with Gasteiger partial charge in [0.05, 0.1) is 20.8 Å². The van der Waals surface area contributed by atoms with Crippen LogP contribution in [0.25, 0.3) is 6.08 Å². The second-order valence-corrected chi connectivity index (χ2v) is 8.32. The van der Waals surface area contributed by atoms with Gasteiger partial charge in [0, 0.05) is 5.02 Å². The van der Waals surface area contributed by atoms with E-state index in [0.29, 0.717) is 36.7 Å². The summed E-state index contributed by atoms with van der Waals surface area (Å²) in [5.41, 5.74) is 2.44. The van der Waals surface area contributed by atoms with Crippen molar-refractivity contribution in [3.05, 3.63) is 55.0 Å². The van der Waals surface area contributed by atoms with Gasteiger partial charge >= 0.3 is 0 Å². The second-order valence-electron chi connectivity index (χ2n) is 5.70. The van der Waals surface area contributed by atoms with Crippen LogP contribution in [0.4, 0.5) is 5.69 Å². The zero-order chi connectivity index (χ0) is 19.6. The summed E-state index contributed by atoms with van der Waals surface area (Å²) in [6, 6.07) is 8.94.